The van der Waals surface area contributed by atoms with Crippen LogP contribution in [0.3, 0.4) is 0 Å². The lowest BCUT2D eigenvalue weighted by atomic mass is 10.1. The maximum absolute atomic E-state index is 11.9. The van der Waals surface area contributed by atoms with Crippen molar-refractivity contribution in [2.75, 3.05) is 5.32 Å². The Morgan fingerprint density at radius 1 is 1.42 bits per heavy atom. The van der Waals surface area contributed by atoms with Crippen LogP contribution in [0.1, 0.15) is 31.9 Å². The first kappa shape index (κ1) is 17.3. The quantitative estimate of drug-likeness (QED) is 0.665. The van der Waals surface area contributed by atoms with Crippen LogP contribution in [0, 0.1) is 18.4 Å². The molecule has 126 valence electrons. The Kier molecular flexibility index (Phi) is 5.09. The lowest BCUT2D eigenvalue weighted by molar-refractivity contribution is 0.0523. The minimum atomic E-state index is -0.559. The van der Waals surface area contributed by atoms with Gasteiger partial charge in [0.1, 0.15) is 5.60 Å². The van der Waals surface area contributed by atoms with Gasteiger partial charge in [0.2, 0.25) is 0 Å². The molecule has 1 amide bonds. The average molecular weight is 327 g/mol. The summed E-state index contributed by atoms with van der Waals surface area (Å²) in [5, 5.41) is 18.4. The fourth-order valence-electron chi connectivity index (χ4n) is 2.12. The third-order valence-electron chi connectivity index (χ3n) is 3.06. The molecule has 24 heavy (non-hydrogen) atoms. The molecule has 0 spiro atoms. The van der Waals surface area contributed by atoms with Crippen molar-refractivity contribution in [3.63, 3.8) is 0 Å². The molecule has 0 aliphatic rings. The highest BCUT2D eigenvalue weighted by atomic mass is 16.6. The van der Waals surface area contributed by atoms with E-state index in [1.165, 1.54) is 0 Å². The summed E-state index contributed by atoms with van der Waals surface area (Å²) in [7, 11) is 0. The van der Waals surface area contributed by atoms with Crippen molar-refractivity contribution in [1.29, 1.82) is 5.26 Å². The van der Waals surface area contributed by atoms with E-state index < -0.39 is 11.7 Å². The maximum Gasteiger partial charge on any atom is 0.407 e. The van der Waals surface area contributed by atoms with Crippen LogP contribution in [0.4, 0.5) is 10.5 Å². The number of hydrogen-bond acceptors (Lipinski definition) is 5. The second-order valence-corrected chi connectivity index (χ2v) is 6.40. The van der Waals surface area contributed by atoms with Gasteiger partial charge < -0.3 is 10.1 Å². The number of anilines is 1. The van der Waals surface area contributed by atoms with Gasteiger partial charge in [0.25, 0.3) is 0 Å². The fraction of sp³-hybridized carbons (Fsp3) is 0.353. The molecule has 1 heterocycles. The molecule has 1 aromatic heterocycles. The molecule has 7 nitrogen and oxygen atoms in total. The number of nitrogens with zero attached hydrogens (tertiary/aromatic N) is 3. The predicted octanol–water partition coefficient (Wildman–Crippen LogP) is 3.10. The Morgan fingerprint density at radius 3 is 2.75 bits per heavy atom. The smallest absolute Gasteiger partial charge is 0.407 e. The van der Waals surface area contributed by atoms with E-state index in [-0.39, 0.29) is 6.54 Å². The molecule has 2 aromatic rings. The highest BCUT2D eigenvalue weighted by Gasteiger charge is 2.16. The van der Waals surface area contributed by atoms with Gasteiger partial charge in [-0.25, -0.2) is 9.48 Å². The van der Waals surface area contributed by atoms with Gasteiger partial charge in [-0.3, -0.25) is 5.32 Å². The number of carbonyl (C=O) groups is 1. The molecule has 0 saturated heterocycles. The zero-order valence-corrected chi connectivity index (χ0v) is 14.3. The average Bonchev–Trinajstić information content (AvgIpc) is 2.90. The van der Waals surface area contributed by atoms with E-state index in [9.17, 15) is 4.79 Å². The summed E-state index contributed by atoms with van der Waals surface area (Å²) in [4.78, 5) is 11.9. The first-order valence-corrected chi connectivity index (χ1v) is 7.55. The van der Waals surface area contributed by atoms with E-state index in [2.05, 4.69) is 15.7 Å². The fourth-order valence-corrected chi connectivity index (χ4v) is 2.12. The van der Waals surface area contributed by atoms with Crippen LogP contribution < -0.4 is 10.6 Å². The van der Waals surface area contributed by atoms with E-state index in [0.717, 1.165) is 16.8 Å². The second kappa shape index (κ2) is 7.04. The van der Waals surface area contributed by atoms with Crippen molar-refractivity contribution >= 4 is 11.8 Å². The molecule has 0 aliphatic carbocycles. The molecule has 2 rings (SSSR count). The van der Waals surface area contributed by atoms with E-state index in [0.29, 0.717) is 5.69 Å². The first-order chi connectivity index (χ1) is 11.3. The number of ether oxygens (including phenoxy) is 1. The van der Waals surface area contributed by atoms with Crippen molar-refractivity contribution in [3.05, 3.63) is 41.7 Å². The maximum atomic E-state index is 11.9. The Balaban J connectivity index is 2.23. The summed E-state index contributed by atoms with van der Waals surface area (Å²) in [6.45, 7) is 7.63. The Bertz CT molecular complexity index is 768. The number of carbonyl (C=O) groups excluding carboxylic acids is 1. The molecule has 0 unspecified atom stereocenters. The van der Waals surface area contributed by atoms with E-state index in [1.54, 1.807) is 23.0 Å². The minimum Gasteiger partial charge on any atom is -0.444 e. The minimum absolute atomic E-state index is 0.254. The van der Waals surface area contributed by atoms with E-state index >= 15 is 0 Å². The molecule has 1 aromatic carbocycles. The molecular formula is C17H21N5O2. The number of aromatic nitrogens is 2. The number of hydrogen-bond donors (Lipinski definition) is 2. The highest BCUT2D eigenvalue weighted by Crippen LogP contribution is 2.20. The molecule has 0 atom stereocenters. The summed E-state index contributed by atoms with van der Waals surface area (Å²) in [6, 6.07) is 5.43. The van der Waals surface area contributed by atoms with Crippen molar-refractivity contribution in [2.45, 2.75) is 39.8 Å². The van der Waals surface area contributed by atoms with Gasteiger partial charge >= 0.3 is 6.09 Å². The zero-order valence-electron chi connectivity index (χ0n) is 14.3. The van der Waals surface area contributed by atoms with Crippen molar-refractivity contribution in [1.82, 2.24) is 15.1 Å². The van der Waals surface area contributed by atoms with Gasteiger partial charge in [-0.05, 0) is 57.0 Å². The molecule has 0 fully saturated rings. The molecule has 2 N–H and O–H groups in total. The van der Waals surface area contributed by atoms with Gasteiger partial charge in [0.05, 0.1) is 11.9 Å². The molecule has 0 saturated carbocycles. The third kappa shape index (κ3) is 4.74. The van der Waals surface area contributed by atoms with Crippen LogP contribution in [-0.4, -0.2) is 21.5 Å². The largest absolute Gasteiger partial charge is 0.444 e. The van der Waals surface area contributed by atoms with Crippen LogP contribution >= 0.6 is 0 Å². The van der Waals surface area contributed by atoms with Crippen LogP contribution in [0.5, 0.6) is 0 Å². The third-order valence-corrected chi connectivity index (χ3v) is 3.06. The zero-order chi connectivity index (χ0) is 17.7. The lowest BCUT2D eigenvalue weighted by Crippen LogP contribution is -2.32. The molecule has 0 radical (unpaired) electrons. The number of nitriles is 1. The lowest BCUT2D eigenvalue weighted by Gasteiger charge is -2.20. The van der Waals surface area contributed by atoms with Crippen LogP contribution in [0.2, 0.25) is 0 Å². The number of benzene rings is 1. The summed E-state index contributed by atoms with van der Waals surface area (Å²) >= 11 is 0. The summed E-state index contributed by atoms with van der Waals surface area (Å²) in [6.07, 6.45) is 5.04. The van der Waals surface area contributed by atoms with Crippen molar-refractivity contribution < 1.29 is 9.53 Å². The molecule has 0 aliphatic heterocycles. The summed E-state index contributed by atoms with van der Waals surface area (Å²) in [5.41, 5.74) is 2.74. The Morgan fingerprint density at radius 2 is 2.17 bits per heavy atom. The highest BCUT2D eigenvalue weighted by molar-refractivity contribution is 5.68. The molecule has 7 heteroatoms. The van der Waals surface area contributed by atoms with Crippen molar-refractivity contribution in [3.8, 4) is 11.9 Å². The standard InChI is InChI=1S/C17H21N5O2/c1-12-8-21-22(10-12)15-6-5-14(20-11-18)7-13(15)9-19-16(23)24-17(2,3)4/h5-8,10,20H,9H2,1-4H3,(H,19,23). The first-order valence-electron chi connectivity index (χ1n) is 7.55. The number of amides is 1. The Hall–Kier alpha value is -3.01. The van der Waals surface area contributed by atoms with Crippen LogP contribution in [0.15, 0.2) is 30.6 Å². The van der Waals surface area contributed by atoms with Gasteiger partial charge in [-0.15, -0.1) is 0 Å². The van der Waals surface area contributed by atoms with Crippen LogP contribution in [-0.2, 0) is 11.3 Å². The van der Waals surface area contributed by atoms with Gasteiger partial charge in [0, 0.05) is 18.4 Å². The number of rotatable bonds is 4. The van der Waals surface area contributed by atoms with Gasteiger partial charge in [-0.2, -0.15) is 10.4 Å². The number of aryl methyl sites for hydroxylation is 1. The number of alkyl carbamates (subject to hydrolysis) is 1. The van der Waals surface area contributed by atoms with E-state index in [4.69, 9.17) is 10.00 Å². The number of nitrogens with one attached hydrogen (secondary N) is 2. The van der Waals surface area contributed by atoms with Gasteiger partial charge in [0.15, 0.2) is 6.19 Å². The normalized spacial score (nSPS) is 10.8. The SMILES string of the molecule is Cc1cnn(-c2ccc(NC#N)cc2CNC(=O)OC(C)(C)C)c1. The predicted molar refractivity (Wildman–Crippen MR) is 90.6 cm³/mol. The van der Waals surface area contributed by atoms with Crippen LogP contribution in [0.25, 0.3) is 5.69 Å². The molecule has 0 bridgehead atoms. The molecular weight excluding hydrogens is 306 g/mol. The second-order valence-electron chi connectivity index (χ2n) is 6.40. The van der Waals surface area contributed by atoms with E-state index in [1.807, 2.05) is 46.2 Å². The topological polar surface area (TPSA) is 92.0 Å². The summed E-state index contributed by atoms with van der Waals surface area (Å²) < 4.78 is 6.98. The van der Waals surface area contributed by atoms with Gasteiger partial charge in [-0.1, -0.05) is 0 Å². The summed E-state index contributed by atoms with van der Waals surface area (Å²) in [5.74, 6) is 0. The Labute approximate surface area is 141 Å². The monoisotopic (exact) mass is 327 g/mol. The van der Waals surface area contributed by atoms with Crippen molar-refractivity contribution in [2.24, 2.45) is 0 Å².